The Hall–Kier alpha value is -0.160. The van der Waals surface area contributed by atoms with Gasteiger partial charge in [0.2, 0.25) is 0 Å². The largest absolute Gasteiger partial charge is 0.394 e. The molecule has 4 heteroatoms. The van der Waals surface area contributed by atoms with Gasteiger partial charge in [-0.3, -0.25) is 4.90 Å². The van der Waals surface area contributed by atoms with Crippen molar-refractivity contribution in [3.8, 4) is 0 Å². The predicted molar refractivity (Wildman–Crippen MR) is 68.0 cm³/mol. The van der Waals surface area contributed by atoms with Gasteiger partial charge in [0.05, 0.1) is 19.3 Å². The van der Waals surface area contributed by atoms with Crippen LogP contribution in [0.25, 0.3) is 0 Å². The van der Waals surface area contributed by atoms with E-state index in [-0.39, 0.29) is 6.61 Å². The lowest BCUT2D eigenvalue weighted by atomic mass is 9.91. The molecule has 1 atom stereocenters. The highest BCUT2D eigenvalue weighted by Crippen LogP contribution is 2.24. The molecule has 0 amide bonds. The third-order valence-corrected chi connectivity index (χ3v) is 3.41. The minimum absolute atomic E-state index is 0.153. The Morgan fingerprint density at radius 2 is 2.12 bits per heavy atom. The van der Waals surface area contributed by atoms with E-state index in [1.807, 2.05) is 0 Å². The molecule has 0 heterocycles. The zero-order valence-electron chi connectivity index (χ0n) is 11.0. The van der Waals surface area contributed by atoms with Crippen LogP contribution in [-0.4, -0.2) is 60.2 Å². The van der Waals surface area contributed by atoms with Crippen LogP contribution >= 0.6 is 0 Å². The molecule has 1 unspecified atom stereocenters. The second-order valence-electron chi connectivity index (χ2n) is 4.88. The Morgan fingerprint density at radius 1 is 1.35 bits per heavy atom. The summed E-state index contributed by atoms with van der Waals surface area (Å²) in [5.41, 5.74) is 0. The Labute approximate surface area is 105 Å². The summed E-state index contributed by atoms with van der Waals surface area (Å²) in [6, 6.07) is 0.589. The Kier molecular flexibility index (Phi) is 7.77. The Morgan fingerprint density at radius 3 is 2.65 bits per heavy atom. The maximum atomic E-state index is 9.51. The highest BCUT2D eigenvalue weighted by molar-refractivity contribution is 4.81. The summed E-state index contributed by atoms with van der Waals surface area (Å²) in [5, 5.41) is 18.4. The minimum Gasteiger partial charge on any atom is -0.394 e. The van der Waals surface area contributed by atoms with Crippen LogP contribution in [0.5, 0.6) is 0 Å². The third kappa shape index (κ3) is 5.82. The van der Waals surface area contributed by atoms with Gasteiger partial charge < -0.3 is 14.9 Å². The number of nitrogens with zero attached hydrogens (tertiary/aromatic N) is 1. The molecular formula is C13H27NO3. The van der Waals surface area contributed by atoms with Crippen molar-refractivity contribution in [2.24, 2.45) is 0 Å². The molecule has 0 aliphatic heterocycles. The van der Waals surface area contributed by atoms with E-state index in [0.29, 0.717) is 12.6 Å². The first-order chi connectivity index (χ1) is 8.27. The molecule has 0 aromatic rings. The summed E-state index contributed by atoms with van der Waals surface area (Å²) in [6.45, 7) is 5.00. The van der Waals surface area contributed by atoms with Gasteiger partial charge >= 0.3 is 0 Å². The molecule has 1 rings (SSSR count). The monoisotopic (exact) mass is 245 g/mol. The van der Waals surface area contributed by atoms with E-state index in [9.17, 15) is 5.11 Å². The van der Waals surface area contributed by atoms with Crippen LogP contribution in [0.15, 0.2) is 0 Å². The molecule has 0 aromatic heterocycles. The van der Waals surface area contributed by atoms with E-state index < -0.39 is 6.10 Å². The quantitative estimate of drug-likeness (QED) is 0.564. The lowest BCUT2D eigenvalue weighted by molar-refractivity contribution is 0.0105. The van der Waals surface area contributed by atoms with Gasteiger partial charge in [-0.25, -0.2) is 0 Å². The topological polar surface area (TPSA) is 52.9 Å². The normalized spacial score (nSPS) is 18.4. The maximum Gasteiger partial charge on any atom is 0.0897 e. The van der Waals surface area contributed by atoms with Crippen LogP contribution in [0.4, 0.5) is 0 Å². The van der Waals surface area contributed by atoms with Crippen molar-refractivity contribution in [3.63, 3.8) is 0 Å². The van der Waals surface area contributed by atoms with Crippen LogP contribution in [0.3, 0.4) is 0 Å². The first kappa shape index (κ1) is 14.9. The average molecular weight is 245 g/mol. The second-order valence-corrected chi connectivity index (χ2v) is 4.88. The molecule has 1 saturated carbocycles. The summed E-state index contributed by atoms with van der Waals surface area (Å²) < 4.78 is 5.55. The number of ether oxygens (including phenoxy) is 1. The zero-order chi connectivity index (χ0) is 12.5. The Balaban J connectivity index is 2.16. The molecule has 1 aliphatic rings. The first-order valence-corrected chi connectivity index (χ1v) is 6.88. The van der Waals surface area contributed by atoms with Gasteiger partial charge in [-0.05, 0) is 19.3 Å². The number of aliphatic hydroxyl groups excluding tert-OH is 2. The van der Waals surface area contributed by atoms with Crippen molar-refractivity contribution in [2.45, 2.75) is 51.2 Å². The van der Waals surface area contributed by atoms with Gasteiger partial charge in [0.15, 0.2) is 0 Å². The predicted octanol–water partition coefficient (Wildman–Crippen LogP) is 1.01. The molecule has 0 spiro atoms. The fourth-order valence-corrected chi connectivity index (χ4v) is 2.03. The van der Waals surface area contributed by atoms with Crippen molar-refractivity contribution >= 4 is 0 Å². The first-order valence-electron chi connectivity index (χ1n) is 6.88. The molecule has 102 valence electrons. The van der Waals surface area contributed by atoms with Crippen molar-refractivity contribution < 1.29 is 14.9 Å². The summed E-state index contributed by atoms with van der Waals surface area (Å²) in [6.07, 6.45) is 5.37. The summed E-state index contributed by atoms with van der Waals surface area (Å²) in [4.78, 5) is 2.26. The number of rotatable bonds is 10. The molecule has 1 fully saturated rings. The van der Waals surface area contributed by atoms with Gasteiger partial charge in [0.1, 0.15) is 0 Å². The molecule has 0 saturated heterocycles. The summed E-state index contributed by atoms with van der Waals surface area (Å²) in [5.74, 6) is 0. The lowest BCUT2D eigenvalue weighted by Crippen LogP contribution is -2.46. The van der Waals surface area contributed by atoms with Gasteiger partial charge in [0.25, 0.3) is 0 Å². The fraction of sp³-hybridized carbons (Fsp3) is 1.00. The molecule has 4 nitrogen and oxygen atoms in total. The highest BCUT2D eigenvalue weighted by Gasteiger charge is 2.25. The second kappa shape index (κ2) is 8.86. The van der Waals surface area contributed by atoms with Gasteiger partial charge in [-0.15, -0.1) is 0 Å². The number of hydrogen-bond donors (Lipinski definition) is 2. The van der Waals surface area contributed by atoms with Crippen molar-refractivity contribution in [3.05, 3.63) is 0 Å². The van der Waals surface area contributed by atoms with Crippen LogP contribution in [-0.2, 0) is 4.74 Å². The van der Waals surface area contributed by atoms with Crippen LogP contribution in [0, 0.1) is 0 Å². The van der Waals surface area contributed by atoms with E-state index in [4.69, 9.17) is 9.84 Å². The molecule has 1 aliphatic carbocycles. The molecule has 0 radical (unpaired) electrons. The smallest absolute Gasteiger partial charge is 0.0897 e. The number of unbranched alkanes of at least 4 members (excludes halogenated alkanes) is 1. The average Bonchev–Trinajstić information content (AvgIpc) is 2.26. The van der Waals surface area contributed by atoms with E-state index in [0.717, 1.165) is 32.6 Å². The minimum atomic E-state index is -0.619. The number of aliphatic hydroxyl groups is 2. The molecule has 0 aromatic carbocycles. The molecule has 0 bridgehead atoms. The summed E-state index contributed by atoms with van der Waals surface area (Å²) in [7, 11) is 0. The zero-order valence-corrected chi connectivity index (χ0v) is 11.0. The lowest BCUT2D eigenvalue weighted by Gasteiger charge is -2.38. The van der Waals surface area contributed by atoms with Crippen molar-refractivity contribution in [1.29, 1.82) is 0 Å². The molecular weight excluding hydrogens is 218 g/mol. The van der Waals surface area contributed by atoms with E-state index >= 15 is 0 Å². The molecule has 17 heavy (non-hydrogen) atoms. The van der Waals surface area contributed by atoms with Crippen molar-refractivity contribution in [2.75, 3.05) is 32.9 Å². The van der Waals surface area contributed by atoms with Gasteiger partial charge in [0, 0.05) is 25.7 Å². The van der Waals surface area contributed by atoms with Gasteiger partial charge in [-0.2, -0.15) is 0 Å². The van der Waals surface area contributed by atoms with Gasteiger partial charge in [-0.1, -0.05) is 19.8 Å². The van der Waals surface area contributed by atoms with E-state index in [2.05, 4.69) is 11.8 Å². The fourth-order valence-electron chi connectivity index (χ4n) is 2.03. The van der Waals surface area contributed by atoms with E-state index in [1.165, 1.54) is 19.3 Å². The standard InChI is InChI=1S/C13H27NO3/c1-2-3-8-17-9-7-14(10-13(16)11-15)12-5-4-6-12/h12-13,15-16H,2-11H2,1H3. The maximum absolute atomic E-state index is 9.51. The van der Waals surface area contributed by atoms with Crippen LogP contribution < -0.4 is 0 Å². The molecule has 2 N–H and O–H groups in total. The SMILES string of the molecule is CCCCOCCN(CC(O)CO)C1CCC1. The van der Waals surface area contributed by atoms with Crippen LogP contribution in [0.1, 0.15) is 39.0 Å². The Bertz CT molecular complexity index is 186. The highest BCUT2D eigenvalue weighted by atomic mass is 16.5. The van der Waals surface area contributed by atoms with Crippen LogP contribution in [0.2, 0.25) is 0 Å². The number of hydrogen-bond acceptors (Lipinski definition) is 4. The van der Waals surface area contributed by atoms with Crippen molar-refractivity contribution in [1.82, 2.24) is 4.90 Å². The summed E-state index contributed by atoms with van der Waals surface area (Å²) >= 11 is 0. The third-order valence-electron chi connectivity index (χ3n) is 3.41. The van der Waals surface area contributed by atoms with E-state index in [1.54, 1.807) is 0 Å².